The highest BCUT2D eigenvalue weighted by Crippen LogP contribution is 2.28. The van der Waals surface area contributed by atoms with Crippen LogP contribution in [0, 0.1) is 0 Å². The first-order chi connectivity index (χ1) is 16.1. The van der Waals surface area contributed by atoms with Gasteiger partial charge in [-0.2, -0.15) is 0 Å². The number of imide groups is 1. The van der Waals surface area contributed by atoms with Gasteiger partial charge in [-0.25, -0.2) is 0 Å². The first-order valence-corrected chi connectivity index (χ1v) is 11.1. The van der Waals surface area contributed by atoms with Crippen LogP contribution in [0.5, 0.6) is 5.75 Å². The number of carbonyl (C=O) groups is 3. The van der Waals surface area contributed by atoms with Crippen LogP contribution < -0.4 is 10.1 Å². The molecule has 4 rings (SSSR count). The van der Waals surface area contributed by atoms with Gasteiger partial charge in [0.05, 0.1) is 23.4 Å². The highest BCUT2D eigenvalue weighted by Gasteiger charge is 2.42. The molecule has 0 saturated heterocycles. The summed E-state index contributed by atoms with van der Waals surface area (Å²) in [5.74, 6) is -0.807. The molecule has 0 aliphatic carbocycles. The number of ether oxygens (including phenoxy) is 1. The number of carbonyl (C=O) groups excluding carboxylic acids is 3. The molecule has 0 spiro atoms. The fraction of sp³-hybridized carbons (Fsp3) is 0.222. The van der Waals surface area contributed by atoms with E-state index in [4.69, 9.17) is 4.74 Å². The third-order valence-corrected chi connectivity index (χ3v) is 5.61. The van der Waals surface area contributed by atoms with E-state index < -0.39 is 23.8 Å². The molecule has 6 heteroatoms. The number of anilines is 1. The van der Waals surface area contributed by atoms with E-state index in [0.717, 1.165) is 23.3 Å². The van der Waals surface area contributed by atoms with Gasteiger partial charge in [-0.1, -0.05) is 67.9 Å². The van der Waals surface area contributed by atoms with Crippen LogP contribution in [0.3, 0.4) is 0 Å². The topological polar surface area (TPSA) is 75.7 Å². The zero-order valence-electron chi connectivity index (χ0n) is 18.5. The number of nitrogens with zero attached hydrogens (tertiary/aromatic N) is 1. The van der Waals surface area contributed by atoms with Crippen molar-refractivity contribution >= 4 is 23.4 Å². The maximum atomic E-state index is 13.5. The zero-order chi connectivity index (χ0) is 23.2. The van der Waals surface area contributed by atoms with E-state index in [1.807, 2.05) is 36.4 Å². The summed E-state index contributed by atoms with van der Waals surface area (Å²) in [5.41, 5.74) is 1.99. The molecule has 3 aromatic carbocycles. The summed E-state index contributed by atoms with van der Waals surface area (Å²) in [7, 11) is 0. The normalized spacial score (nSPS) is 13.5. The van der Waals surface area contributed by atoms with E-state index in [1.54, 1.807) is 42.5 Å². The monoisotopic (exact) mass is 442 g/mol. The van der Waals surface area contributed by atoms with Crippen molar-refractivity contribution in [3.05, 3.63) is 95.6 Å². The first-order valence-electron chi connectivity index (χ1n) is 11.1. The second-order valence-electron chi connectivity index (χ2n) is 7.92. The second-order valence-corrected chi connectivity index (χ2v) is 7.92. The van der Waals surface area contributed by atoms with Crippen molar-refractivity contribution in [1.82, 2.24) is 4.90 Å². The molecule has 0 bridgehead atoms. The summed E-state index contributed by atoms with van der Waals surface area (Å²) in [6.07, 6.45) is 2.10. The van der Waals surface area contributed by atoms with Crippen LogP contribution in [-0.2, 0) is 11.2 Å². The molecule has 168 valence electrons. The minimum Gasteiger partial charge on any atom is -0.491 e. The number of hydrogen-bond donors (Lipinski definition) is 1. The minimum absolute atomic E-state index is 0.205. The fourth-order valence-electron chi connectivity index (χ4n) is 3.87. The van der Waals surface area contributed by atoms with E-state index in [9.17, 15) is 14.4 Å². The van der Waals surface area contributed by atoms with Crippen molar-refractivity contribution in [2.24, 2.45) is 0 Å². The molecule has 1 heterocycles. The van der Waals surface area contributed by atoms with E-state index in [-0.39, 0.29) is 6.42 Å². The lowest BCUT2D eigenvalue weighted by atomic mass is 10.0. The maximum absolute atomic E-state index is 13.5. The lowest BCUT2D eigenvalue weighted by molar-refractivity contribution is -0.119. The van der Waals surface area contributed by atoms with Gasteiger partial charge in [-0.3, -0.25) is 19.3 Å². The number of unbranched alkanes of at least 4 members (excludes halogenated alkanes) is 1. The predicted molar refractivity (Wildman–Crippen MR) is 126 cm³/mol. The van der Waals surface area contributed by atoms with Gasteiger partial charge in [0, 0.05) is 6.42 Å². The van der Waals surface area contributed by atoms with E-state index >= 15 is 0 Å². The molecule has 33 heavy (non-hydrogen) atoms. The summed E-state index contributed by atoms with van der Waals surface area (Å²) in [6.45, 7) is 2.61. The van der Waals surface area contributed by atoms with Crippen LogP contribution in [0.2, 0.25) is 0 Å². The van der Waals surface area contributed by atoms with Crippen LogP contribution in [0.15, 0.2) is 78.9 Å². The molecule has 1 N–H and O–H groups in total. The Hall–Kier alpha value is -3.93. The molecule has 1 aliphatic heterocycles. The highest BCUT2D eigenvalue weighted by atomic mass is 16.5. The third kappa shape index (κ3) is 4.80. The van der Waals surface area contributed by atoms with Crippen molar-refractivity contribution in [1.29, 1.82) is 0 Å². The Morgan fingerprint density at radius 1 is 0.879 bits per heavy atom. The lowest BCUT2D eigenvalue weighted by Crippen LogP contribution is -2.48. The van der Waals surface area contributed by atoms with E-state index in [0.29, 0.717) is 29.2 Å². The van der Waals surface area contributed by atoms with Gasteiger partial charge in [0.2, 0.25) is 5.91 Å². The van der Waals surface area contributed by atoms with Gasteiger partial charge in [0.25, 0.3) is 11.8 Å². The molecule has 0 aromatic heterocycles. The Morgan fingerprint density at radius 3 is 2.15 bits per heavy atom. The van der Waals surface area contributed by atoms with Gasteiger partial charge in [-0.05, 0) is 36.2 Å². The Morgan fingerprint density at radius 2 is 1.48 bits per heavy atom. The molecule has 0 fully saturated rings. The summed E-state index contributed by atoms with van der Waals surface area (Å²) >= 11 is 0. The Kier molecular flexibility index (Phi) is 6.83. The van der Waals surface area contributed by atoms with Gasteiger partial charge in [-0.15, -0.1) is 0 Å². The van der Waals surface area contributed by atoms with Crippen LogP contribution in [0.4, 0.5) is 5.69 Å². The minimum atomic E-state index is -1.01. The average molecular weight is 443 g/mol. The predicted octanol–water partition coefficient (Wildman–Crippen LogP) is 4.71. The van der Waals surface area contributed by atoms with Gasteiger partial charge < -0.3 is 10.1 Å². The van der Waals surface area contributed by atoms with E-state index in [1.165, 1.54) is 0 Å². The fourth-order valence-corrected chi connectivity index (χ4v) is 3.87. The quantitative estimate of drug-likeness (QED) is 0.385. The molecule has 3 aromatic rings. The summed E-state index contributed by atoms with van der Waals surface area (Å²) < 4.78 is 5.83. The molecule has 3 amide bonds. The summed E-state index contributed by atoms with van der Waals surface area (Å²) in [6, 6.07) is 22.2. The number of para-hydroxylation sites is 2. The number of amides is 3. The van der Waals surface area contributed by atoms with Gasteiger partial charge >= 0.3 is 0 Å². The molecule has 6 nitrogen and oxygen atoms in total. The number of fused-ring (bicyclic) bond motifs is 1. The lowest BCUT2D eigenvalue weighted by Gasteiger charge is -2.26. The zero-order valence-corrected chi connectivity index (χ0v) is 18.5. The highest BCUT2D eigenvalue weighted by molar-refractivity contribution is 6.23. The van der Waals surface area contributed by atoms with Crippen LogP contribution >= 0.6 is 0 Å². The largest absolute Gasteiger partial charge is 0.491 e. The summed E-state index contributed by atoms with van der Waals surface area (Å²) in [5, 5.41) is 2.89. The van der Waals surface area contributed by atoms with E-state index in [2.05, 4.69) is 12.2 Å². The number of nitrogens with one attached hydrogen (secondary N) is 1. The van der Waals surface area contributed by atoms with Crippen molar-refractivity contribution < 1.29 is 19.1 Å². The number of hydrogen-bond acceptors (Lipinski definition) is 4. The Bertz CT molecular complexity index is 1120. The first kappa shape index (κ1) is 22.3. The Labute approximate surface area is 193 Å². The number of benzene rings is 3. The molecule has 0 radical (unpaired) electrons. The van der Waals surface area contributed by atoms with Crippen LogP contribution in [0.25, 0.3) is 0 Å². The molecule has 0 saturated carbocycles. The molecule has 1 aliphatic rings. The number of rotatable bonds is 9. The smallest absolute Gasteiger partial charge is 0.262 e. The molecule has 0 unspecified atom stereocenters. The van der Waals surface area contributed by atoms with Gasteiger partial charge in [0.1, 0.15) is 11.8 Å². The maximum Gasteiger partial charge on any atom is 0.262 e. The van der Waals surface area contributed by atoms with Crippen LogP contribution in [0.1, 0.15) is 46.0 Å². The van der Waals surface area contributed by atoms with Crippen molar-refractivity contribution in [3.8, 4) is 5.75 Å². The average Bonchev–Trinajstić information content (AvgIpc) is 3.09. The standard InChI is InChI=1S/C27H26N2O4/c1-2-3-17-33-24-16-10-9-15-22(24)28-25(30)23(18-19-11-5-4-6-12-19)29-26(31)20-13-7-8-14-21(20)27(29)32/h4-16,23H,2-3,17-18H2,1H3,(H,28,30)/t23-/m1/s1. The van der Waals surface area contributed by atoms with Crippen molar-refractivity contribution in [3.63, 3.8) is 0 Å². The van der Waals surface area contributed by atoms with Crippen molar-refractivity contribution in [2.75, 3.05) is 11.9 Å². The Balaban J connectivity index is 1.63. The third-order valence-electron chi connectivity index (χ3n) is 5.61. The molecule has 1 atom stereocenters. The summed E-state index contributed by atoms with van der Waals surface area (Å²) in [4.78, 5) is 40.9. The van der Waals surface area contributed by atoms with Crippen LogP contribution in [-0.4, -0.2) is 35.3 Å². The molecular weight excluding hydrogens is 416 g/mol. The van der Waals surface area contributed by atoms with Crippen molar-refractivity contribution in [2.45, 2.75) is 32.2 Å². The second kappa shape index (κ2) is 10.1. The van der Waals surface area contributed by atoms with Gasteiger partial charge in [0.15, 0.2) is 0 Å². The molecular formula is C27H26N2O4. The SMILES string of the molecule is CCCCOc1ccccc1NC(=O)[C@@H](Cc1ccccc1)N1C(=O)c2ccccc2C1=O.